The monoisotopic (exact) mass is 246 g/mol. The standard InChI is InChI=1S/C7H7BrN2O3/c8-5-1-4(3-9)2-6(7(5)11)10(12)13/h1-2,11H,3,9H2. The highest BCUT2D eigenvalue weighted by atomic mass is 79.9. The highest BCUT2D eigenvalue weighted by Crippen LogP contribution is 2.34. The van der Waals surface area contributed by atoms with E-state index in [1.54, 1.807) is 6.07 Å². The van der Waals surface area contributed by atoms with E-state index in [1.165, 1.54) is 6.07 Å². The number of nitrogens with zero attached hydrogens (tertiary/aromatic N) is 1. The minimum atomic E-state index is -0.654. The molecule has 0 unspecified atom stereocenters. The number of phenols is 1. The largest absolute Gasteiger partial charge is 0.501 e. The molecule has 5 nitrogen and oxygen atoms in total. The summed E-state index contributed by atoms with van der Waals surface area (Å²) in [6.07, 6.45) is 0. The second kappa shape index (κ2) is 3.71. The average molecular weight is 247 g/mol. The van der Waals surface area contributed by atoms with Gasteiger partial charge in [0.25, 0.3) is 0 Å². The maximum atomic E-state index is 10.4. The van der Waals surface area contributed by atoms with Gasteiger partial charge in [-0.05, 0) is 27.6 Å². The summed E-state index contributed by atoms with van der Waals surface area (Å²) in [5.41, 5.74) is 5.57. The lowest BCUT2D eigenvalue weighted by atomic mass is 10.2. The molecule has 0 atom stereocenters. The van der Waals surface area contributed by atoms with Crippen molar-refractivity contribution in [3.63, 3.8) is 0 Å². The molecule has 0 aliphatic carbocycles. The van der Waals surface area contributed by atoms with Crippen LogP contribution in [0.4, 0.5) is 5.69 Å². The van der Waals surface area contributed by atoms with E-state index in [0.29, 0.717) is 5.56 Å². The van der Waals surface area contributed by atoms with Crippen molar-refractivity contribution in [2.75, 3.05) is 0 Å². The van der Waals surface area contributed by atoms with Crippen molar-refractivity contribution >= 4 is 21.6 Å². The Morgan fingerprint density at radius 1 is 1.62 bits per heavy atom. The number of benzene rings is 1. The first kappa shape index (κ1) is 9.94. The topological polar surface area (TPSA) is 89.4 Å². The minimum Gasteiger partial charge on any atom is -0.501 e. The zero-order valence-electron chi connectivity index (χ0n) is 6.53. The minimum absolute atomic E-state index is 0.194. The number of phenolic OH excluding ortho intramolecular Hbond substituents is 1. The molecular formula is C7H7BrN2O3. The van der Waals surface area contributed by atoms with Gasteiger partial charge in [-0.15, -0.1) is 0 Å². The molecule has 13 heavy (non-hydrogen) atoms. The number of nitro benzene ring substituents is 1. The smallest absolute Gasteiger partial charge is 0.312 e. The van der Waals surface area contributed by atoms with E-state index in [1.807, 2.05) is 0 Å². The van der Waals surface area contributed by atoms with E-state index in [0.717, 1.165) is 0 Å². The predicted molar refractivity (Wildman–Crippen MR) is 50.4 cm³/mol. The molecule has 0 radical (unpaired) electrons. The summed E-state index contributed by atoms with van der Waals surface area (Å²) in [7, 11) is 0. The Bertz CT molecular complexity index is 354. The Labute approximate surface area is 82.5 Å². The molecule has 3 N–H and O–H groups in total. The first-order valence-electron chi connectivity index (χ1n) is 3.42. The van der Waals surface area contributed by atoms with Crippen LogP contribution in [-0.4, -0.2) is 10.0 Å². The van der Waals surface area contributed by atoms with Crippen LogP contribution in [0.15, 0.2) is 16.6 Å². The van der Waals surface area contributed by atoms with Crippen molar-refractivity contribution in [2.45, 2.75) is 6.54 Å². The number of hydrogen-bond acceptors (Lipinski definition) is 4. The quantitative estimate of drug-likeness (QED) is 0.612. The molecule has 0 amide bonds. The normalized spacial score (nSPS) is 10.0. The van der Waals surface area contributed by atoms with Gasteiger partial charge >= 0.3 is 5.69 Å². The van der Waals surface area contributed by atoms with E-state index in [4.69, 9.17) is 5.73 Å². The van der Waals surface area contributed by atoms with Crippen molar-refractivity contribution < 1.29 is 10.0 Å². The van der Waals surface area contributed by atoms with Crippen molar-refractivity contribution in [1.82, 2.24) is 0 Å². The Kier molecular flexibility index (Phi) is 2.84. The fourth-order valence-corrected chi connectivity index (χ4v) is 1.39. The SMILES string of the molecule is NCc1cc(Br)c(O)c([N+](=O)[O-])c1. The summed E-state index contributed by atoms with van der Waals surface area (Å²) in [5.74, 6) is -0.373. The van der Waals surface area contributed by atoms with Crippen LogP contribution in [-0.2, 0) is 6.54 Å². The van der Waals surface area contributed by atoms with Gasteiger partial charge in [-0.25, -0.2) is 0 Å². The van der Waals surface area contributed by atoms with E-state index in [2.05, 4.69) is 15.9 Å². The van der Waals surface area contributed by atoms with Gasteiger partial charge in [0.15, 0.2) is 0 Å². The molecule has 0 aromatic heterocycles. The Hall–Kier alpha value is -1.14. The van der Waals surface area contributed by atoms with Gasteiger partial charge in [-0.2, -0.15) is 0 Å². The van der Waals surface area contributed by atoms with Gasteiger partial charge in [0.05, 0.1) is 9.40 Å². The average Bonchev–Trinajstić information content (AvgIpc) is 2.09. The van der Waals surface area contributed by atoms with Gasteiger partial charge in [0, 0.05) is 12.6 Å². The molecule has 0 heterocycles. The van der Waals surface area contributed by atoms with Crippen LogP contribution in [0.25, 0.3) is 0 Å². The first-order valence-corrected chi connectivity index (χ1v) is 4.21. The summed E-state index contributed by atoms with van der Waals surface area (Å²) in [6, 6.07) is 2.79. The second-order valence-corrected chi connectivity index (χ2v) is 3.26. The third kappa shape index (κ3) is 1.96. The lowest BCUT2D eigenvalue weighted by molar-refractivity contribution is -0.386. The lowest BCUT2D eigenvalue weighted by Gasteiger charge is -2.01. The predicted octanol–water partition coefficient (Wildman–Crippen LogP) is 1.52. The van der Waals surface area contributed by atoms with Gasteiger partial charge in [-0.3, -0.25) is 10.1 Å². The molecule has 6 heteroatoms. The molecular weight excluding hydrogens is 240 g/mol. The Morgan fingerprint density at radius 2 is 2.23 bits per heavy atom. The summed E-state index contributed by atoms with van der Waals surface area (Å²) in [5, 5.41) is 19.7. The van der Waals surface area contributed by atoms with Gasteiger partial charge in [-0.1, -0.05) is 0 Å². The number of nitrogens with two attached hydrogens (primary N) is 1. The van der Waals surface area contributed by atoms with Gasteiger partial charge in [0.2, 0.25) is 5.75 Å². The summed E-state index contributed by atoms with van der Waals surface area (Å²) in [4.78, 5) is 9.77. The molecule has 1 aromatic rings. The summed E-state index contributed by atoms with van der Waals surface area (Å²) in [6.45, 7) is 0.194. The Morgan fingerprint density at radius 3 is 2.69 bits per heavy atom. The van der Waals surface area contributed by atoms with E-state index >= 15 is 0 Å². The molecule has 0 aliphatic heterocycles. The third-order valence-electron chi connectivity index (χ3n) is 1.54. The van der Waals surface area contributed by atoms with Crippen molar-refractivity contribution in [2.24, 2.45) is 5.73 Å². The van der Waals surface area contributed by atoms with Crippen LogP contribution in [0.2, 0.25) is 0 Å². The number of halogens is 1. The lowest BCUT2D eigenvalue weighted by Crippen LogP contribution is -1.98. The van der Waals surface area contributed by atoms with Crippen molar-refractivity contribution in [3.05, 3.63) is 32.3 Å². The van der Waals surface area contributed by atoms with E-state index in [9.17, 15) is 15.2 Å². The van der Waals surface area contributed by atoms with Crippen LogP contribution in [0.1, 0.15) is 5.56 Å². The summed E-state index contributed by atoms with van der Waals surface area (Å²) < 4.78 is 0.280. The summed E-state index contributed by atoms with van der Waals surface area (Å²) >= 11 is 3.00. The maximum absolute atomic E-state index is 10.4. The number of hydrogen-bond donors (Lipinski definition) is 2. The zero-order valence-corrected chi connectivity index (χ0v) is 8.11. The number of nitro groups is 1. The van der Waals surface area contributed by atoms with Crippen LogP contribution in [0, 0.1) is 10.1 Å². The van der Waals surface area contributed by atoms with Crippen LogP contribution in [0.3, 0.4) is 0 Å². The first-order chi connectivity index (χ1) is 6.06. The maximum Gasteiger partial charge on any atom is 0.312 e. The molecule has 1 rings (SSSR count). The molecule has 0 saturated heterocycles. The molecule has 0 spiro atoms. The highest BCUT2D eigenvalue weighted by molar-refractivity contribution is 9.10. The molecule has 0 aliphatic rings. The molecule has 70 valence electrons. The zero-order chi connectivity index (χ0) is 10.0. The molecule has 0 bridgehead atoms. The van der Waals surface area contributed by atoms with Crippen LogP contribution in [0.5, 0.6) is 5.75 Å². The fraction of sp³-hybridized carbons (Fsp3) is 0.143. The Balaban J connectivity index is 3.33. The van der Waals surface area contributed by atoms with Gasteiger partial charge in [0.1, 0.15) is 0 Å². The van der Waals surface area contributed by atoms with Crippen LogP contribution < -0.4 is 5.73 Å². The molecule has 1 aromatic carbocycles. The van der Waals surface area contributed by atoms with Crippen molar-refractivity contribution in [1.29, 1.82) is 0 Å². The molecule has 0 saturated carbocycles. The van der Waals surface area contributed by atoms with Crippen molar-refractivity contribution in [3.8, 4) is 5.75 Å². The molecule has 0 fully saturated rings. The number of rotatable bonds is 2. The van der Waals surface area contributed by atoms with E-state index in [-0.39, 0.29) is 22.5 Å². The van der Waals surface area contributed by atoms with Crippen LogP contribution >= 0.6 is 15.9 Å². The second-order valence-electron chi connectivity index (χ2n) is 2.41. The third-order valence-corrected chi connectivity index (χ3v) is 2.14. The fourth-order valence-electron chi connectivity index (χ4n) is 0.896. The van der Waals surface area contributed by atoms with E-state index < -0.39 is 4.92 Å². The van der Waals surface area contributed by atoms with Gasteiger partial charge < -0.3 is 10.8 Å². The number of aromatic hydroxyl groups is 1. The highest BCUT2D eigenvalue weighted by Gasteiger charge is 2.16.